The van der Waals surface area contributed by atoms with Gasteiger partial charge in [-0.1, -0.05) is 46.8 Å². The minimum absolute atomic E-state index is 0.155. The van der Waals surface area contributed by atoms with Gasteiger partial charge in [0.1, 0.15) is 0 Å². The van der Waals surface area contributed by atoms with Crippen molar-refractivity contribution >= 4 is 17.1 Å². The fourth-order valence-electron chi connectivity index (χ4n) is 2.25. The Balaban J connectivity index is 0.00000139. The minimum atomic E-state index is -4.36. The molecule has 2 nitrogen and oxygen atoms in total. The van der Waals surface area contributed by atoms with Crippen molar-refractivity contribution in [1.82, 2.24) is 0 Å². The van der Waals surface area contributed by atoms with Gasteiger partial charge in [-0.15, -0.1) is 0 Å². The van der Waals surface area contributed by atoms with Crippen LogP contribution in [0.5, 0.6) is 0 Å². The van der Waals surface area contributed by atoms with Gasteiger partial charge in [0.15, 0.2) is 0 Å². The van der Waals surface area contributed by atoms with Crippen molar-refractivity contribution in [2.45, 2.75) is 46.2 Å². The van der Waals surface area contributed by atoms with Crippen molar-refractivity contribution < 1.29 is 13.2 Å². The number of hydrogen-bond donors (Lipinski definition) is 2. The number of benzene rings is 2. The third kappa shape index (κ3) is 5.18. The zero-order valence-corrected chi connectivity index (χ0v) is 14.8. The monoisotopic (exact) mass is 338 g/mol. The van der Waals surface area contributed by atoms with Crippen molar-refractivity contribution in [2.24, 2.45) is 0 Å². The summed E-state index contributed by atoms with van der Waals surface area (Å²) in [6.45, 7) is 10.1. The molecule has 0 radical (unpaired) electrons. The summed E-state index contributed by atoms with van der Waals surface area (Å²) in [5.74, 6) is 0. The molecule has 0 amide bonds. The molecule has 24 heavy (non-hydrogen) atoms. The summed E-state index contributed by atoms with van der Waals surface area (Å²) < 4.78 is 38.4. The number of rotatable bonds is 2. The summed E-state index contributed by atoms with van der Waals surface area (Å²) in [5, 5.41) is 3.05. The molecule has 3 N–H and O–H groups in total. The molecule has 0 aliphatic carbocycles. The maximum atomic E-state index is 12.8. The third-order valence-corrected chi connectivity index (χ3v) is 3.32. The Labute approximate surface area is 141 Å². The van der Waals surface area contributed by atoms with Gasteiger partial charge in [-0.25, -0.2) is 0 Å². The molecule has 0 spiro atoms. The quantitative estimate of drug-likeness (QED) is 0.626. The van der Waals surface area contributed by atoms with Crippen LogP contribution in [0.2, 0.25) is 0 Å². The van der Waals surface area contributed by atoms with E-state index in [2.05, 4.69) is 5.32 Å². The average molecular weight is 338 g/mol. The van der Waals surface area contributed by atoms with Crippen LogP contribution in [0, 0.1) is 0 Å². The molecular weight excluding hydrogens is 313 g/mol. The molecular formula is C19H25F3N2. The Bertz CT molecular complexity index is 671. The van der Waals surface area contributed by atoms with E-state index in [1.165, 1.54) is 6.07 Å². The first-order valence-corrected chi connectivity index (χ1v) is 7.92. The Morgan fingerprint density at radius 1 is 0.917 bits per heavy atom. The van der Waals surface area contributed by atoms with Crippen molar-refractivity contribution in [3.05, 3.63) is 53.6 Å². The molecule has 0 bridgehead atoms. The Morgan fingerprint density at radius 2 is 1.54 bits per heavy atom. The predicted octanol–water partition coefficient (Wildman–Crippen LogP) is 6.35. The fourth-order valence-corrected chi connectivity index (χ4v) is 2.25. The van der Waals surface area contributed by atoms with E-state index in [4.69, 9.17) is 5.73 Å². The second-order valence-corrected chi connectivity index (χ2v) is 6.26. The maximum absolute atomic E-state index is 12.8. The van der Waals surface area contributed by atoms with Crippen molar-refractivity contribution in [3.8, 4) is 0 Å². The molecule has 0 saturated carbocycles. The topological polar surface area (TPSA) is 38.0 Å². The number of hydrogen-bond acceptors (Lipinski definition) is 2. The lowest BCUT2D eigenvalue weighted by Gasteiger charge is -2.24. The molecule has 0 fully saturated rings. The van der Waals surface area contributed by atoms with E-state index in [0.29, 0.717) is 17.1 Å². The first-order valence-electron chi connectivity index (χ1n) is 7.92. The second-order valence-electron chi connectivity index (χ2n) is 6.26. The molecule has 0 aliphatic heterocycles. The zero-order valence-electron chi connectivity index (χ0n) is 14.8. The van der Waals surface area contributed by atoms with Gasteiger partial charge in [-0.2, -0.15) is 13.2 Å². The molecule has 0 saturated heterocycles. The molecule has 132 valence electrons. The molecule has 0 heterocycles. The molecule has 2 rings (SSSR count). The lowest BCUT2D eigenvalue weighted by molar-refractivity contribution is -0.137. The SMILES string of the molecule is CC.CC(C)(C)c1ccc(N)cc1Nc1cccc(C(F)(F)F)c1. The average Bonchev–Trinajstić information content (AvgIpc) is 2.47. The Morgan fingerprint density at radius 3 is 2.08 bits per heavy atom. The molecule has 0 atom stereocenters. The van der Waals surface area contributed by atoms with E-state index in [1.54, 1.807) is 18.2 Å². The smallest absolute Gasteiger partial charge is 0.399 e. The first-order chi connectivity index (χ1) is 11.1. The van der Waals surface area contributed by atoms with Crippen molar-refractivity contribution in [1.29, 1.82) is 0 Å². The number of nitrogens with two attached hydrogens (primary N) is 1. The molecule has 0 unspecified atom stereocenters. The lowest BCUT2D eigenvalue weighted by Crippen LogP contribution is -2.14. The van der Waals surface area contributed by atoms with E-state index in [0.717, 1.165) is 17.7 Å². The highest BCUT2D eigenvalue weighted by atomic mass is 19.4. The van der Waals surface area contributed by atoms with Gasteiger partial charge in [0.25, 0.3) is 0 Å². The van der Waals surface area contributed by atoms with Crippen LogP contribution in [-0.2, 0) is 11.6 Å². The van der Waals surface area contributed by atoms with Crippen LogP contribution in [0.1, 0.15) is 45.7 Å². The third-order valence-electron chi connectivity index (χ3n) is 3.32. The number of nitrogens with one attached hydrogen (secondary N) is 1. The largest absolute Gasteiger partial charge is 0.416 e. The summed E-state index contributed by atoms with van der Waals surface area (Å²) in [5.41, 5.74) is 7.61. The number of anilines is 3. The first kappa shape index (κ1) is 19.9. The molecule has 2 aromatic rings. The summed E-state index contributed by atoms with van der Waals surface area (Å²) >= 11 is 0. The second kappa shape index (κ2) is 7.60. The highest BCUT2D eigenvalue weighted by Crippen LogP contribution is 2.35. The van der Waals surface area contributed by atoms with E-state index in [1.807, 2.05) is 40.7 Å². The highest BCUT2D eigenvalue weighted by molar-refractivity contribution is 5.69. The predicted molar refractivity (Wildman–Crippen MR) is 95.6 cm³/mol. The van der Waals surface area contributed by atoms with Gasteiger partial charge in [-0.05, 0) is 41.3 Å². The summed E-state index contributed by atoms with van der Waals surface area (Å²) in [7, 11) is 0. The van der Waals surface area contributed by atoms with Crippen LogP contribution in [0.4, 0.5) is 30.2 Å². The van der Waals surface area contributed by atoms with Crippen LogP contribution in [-0.4, -0.2) is 0 Å². The van der Waals surface area contributed by atoms with Crippen LogP contribution in [0.3, 0.4) is 0 Å². The van der Waals surface area contributed by atoms with Gasteiger partial charge in [-0.3, -0.25) is 0 Å². The lowest BCUT2D eigenvalue weighted by atomic mass is 9.85. The normalized spacial score (nSPS) is 11.5. The molecule has 2 aromatic carbocycles. The highest BCUT2D eigenvalue weighted by Gasteiger charge is 2.30. The Hall–Kier alpha value is -2.17. The van der Waals surface area contributed by atoms with Crippen LogP contribution in [0.25, 0.3) is 0 Å². The van der Waals surface area contributed by atoms with Gasteiger partial charge in [0.2, 0.25) is 0 Å². The molecule has 0 aliphatic rings. The van der Waals surface area contributed by atoms with Crippen molar-refractivity contribution in [3.63, 3.8) is 0 Å². The van der Waals surface area contributed by atoms with Gasteiger partial charge in [0, 0.05) is 17.1 Å². The van der Waals surface area contributed by atoms with Gasteiger partial charge in [0.05, 0.1) is 5.56 Å². The van der Waals surface area contributed by atoms with Crippen LogP contribution < -0.4 is 11.1 Å². The fraction of sp³-hybridized carbons (Fsp3) is 0.368. The summed E-state index contributed by atoms with van der Waals surface area (Å²) in [4.78, 5) is 0. The van der Waals surface area contributed by atoms with E-state index in [-0.39, 0.29) is 5.41 Å². The summed E-state index contributed by atoms with van der Waals surface area (Å²) in [6.07, 6.45) is -4.36. The van der Waals surface area contributed by atoms with E-state index in [9.17, 15) is 13.2 Å². The number of nitrogen functional groups attached to an aromatic ring is 1. The minimum Gasteiger partial charge on any atom is -0.399 e. The molecule has 0 aromatic heterocycles. The van der Waals surface area contributed by atoms with Crippen molar-refractivity contribution in [2.75, 3.05) is 11.1 Å². The maximum Gasteiger partial charge on any atom is 0.416 e. The number of halogens is 3. The van der Waals surface area contributed by atoms with Gasteiger partial charge >= 0.3 is 6.18 Å². The van der Waals surface area contributed by atoms with E-state index < -0.39 is 11.7 Å². The standard InChI is InChI=1S/C17H19F3N2.C2H6/c1-16(2,3)14-8-7-12(21)10-15(14)22-13-6-4-5-11(9-13)17(18,19)20;1-2/h4-10,22H,21H2,1-3H3;1-2H3. The van der Waals surface area contributed by atoms with E-state index >= 15 is 0 Å². The Kier molecular flexibility index (Phi) is 6.29. The zero-order chi connectivity index (χ0) is 18.5. The molecule has 5 heteroatoms. The summed E-state index contributed by atoms with van der Waals surface area (Å²) in [6, 6.07) is 10.5. The van der Waals surface area contributed by atoms with Crippen LogP contribution >= 0.6 is 0 Å². The van der Waals surface area contributed by atoms with Gasteiger partial charge < -0.3 is 11.1 Å². The number of alkyl halides is 3. The van der Waals surface area contributed by atoms with Crippen LogP contribution in [0.15, 0.2) is 42.5 Å².